The molecule has 4 aromatic rings. The standard InChI is InChI=1S/C48H60N2O10S2/c1-13-29(5)41-25-57-47(49(41)61(53,54)45-31(7)21-27(3)22-32(45)8)39-19-15-17-37(43(39)59-35(11)51)38-18-16-20-40(44(38)60-36(12)52)48-50(42(26-58-48)30(6)14-2)62(55,56)46-33(9)23-28(4)24-34(46)10/h15-24,29-30,41-42,47-48H,13-14,25-26H2,1-12H3/t29?,30?,41-,42-,47+,48+/m1/s1. The van der Waals surface area contributed by atoms with E-state index >= 15 is 16.8 Å². The fourth-order valence-corrected chi connectivity index (χ4v) is 13.6. The topological polar surface area (TPSA) is 146 Å². The Morgan fingerprint density at radius 1 is 0.613 bits per heavy atom. The van der Waals surface area contributed by atoms with Crippen LogP contribution in [0.5, 0.6) is 11.5 Å². The van der Waals surface area contributed by atoms with E-state index in [9.17, 15) is 9.59 Å². The van der Waals surface area contributed by atoms with E-state index in [1.807, 2.05) is 65.8 Å². The first kappa shape index (κ1) is 47.0. The van der Waals surface area contributed by atoms with Gasteiger partial charge < -0.3 is 18.9 Å². The van der Waals surface area contributed by atoms with E-state index in [1.165, 1.54) is 22.5 Å². The van der Waals surface area contributed by atoms with Crippen LogP contribution in [0.25, 0.3) is 11.1 Å². The second kappa shape index (κ2) is 18.3. The lowest BCUT2D eigenvalue weighted by atomic mass is 9.96. The van der Waals surface area contributed by atoms with E-state index in [0.29, 0.717) is 35.1 Å². The predicted octanol–water partition coefficient (Wildman–Crippen LogP) is 9.32. The van der Waals surface area contributed by atoms with Gasteiger partial charge in [0.05, 0.1) is 35.1 Å². The van der Waals surface area contributed by atoms with Crippen molar-refractivity contribution in [2.45, 2.75) is 130 Å². The lowest BCUT2D eigenvalue weighted by molar-refractivity contribution is -0.133. The smallest absolute Gasteiger partial charge is 0.308 e. The maximum absolute atomic E-state index is 15.0. The van der Waals surface area contributed by atoms with Gasteiger partial charge in [-0.05, 0) is 75.6 Å². The Bertz CT molecular complexity index is 2380. The highest BCUT2D eigenvalue weighted by molar-refractivity contribution is 7.89. The molecule has 334 valence electrons. The van der Waals surface area contributed by atoms with Crippen molar-refractivity contribution >= 4 is 32.0 Å². The van der Waals surface area contributed by atoms with Crippen LogP contribution in [0.4, 0.5) is 0 Å². The van der Waals surface area contributed by atoms with Crippen LogP contribution < -0.4 is 9.47 Å². The van der Waals surface area contributed by atoms with Gasteiger partial charge in [0.2, 0.25) is 20.0 Å². The third-order valence-corrected chi connectivity index (χ3v) is 16.6. The summed E-state index contributed by atoms with van der Waals surface area (Å²) in [6.45, 7) is 21.6. The number of hydrogen-bond donors (Lipinski definition) is 0. The molecule has 12 nitrogen and oxygen atoms in total. The normalized spacial score (nSPS) is 20.9. The third kappa shape index (κ3) is 8.74. The molecule has 2 fully saturated rings. The second-order valence-corrected chi connectivity index (χ2v) is 20.6. The van der Waals surface area contributed by atoms with Crippen molar-refractivity contribution in [3.8, 4) is 22.6 Å². The van der Waals surface area contributed by atoms with E-state index in [2.05, 4.69) is 0 Å². The van der Waals surface area contributed by atoms with Gasteiger partial charge in [0.1, 0.15) is 11.5 Å². The van der Waals surface area contributed by atoms with E-state index in [-0.39, 0.29) is 68.6 Å². The highest BCUT2D eigenvalue weighted by atomic mass is 32.2. The van der Waals surface area contributed by atoms with E-state index in [0.717, 1.165) is 11.1 Å². The Kier molecular flexibility index (Phi) is 13.9. The Morgan fingerprint density at radius 2 is 0.935 bits per heavy atom. The number of aryl methyl sites for hydroxylation is 6. The molecule has 0 N–H and O–H groups in total. The average Bonchev–Trinajstić information content (AvgIpc) is 3.83. The molecule has 14 heteroatoms. The van der Waals surface area contributed by atoms with Gasteiger partial charge in [-0.25, -0.2) is 16.8 Å². The number of carbonyl (C=O) groups is 2. The molecule has 2 heterocycles. The van der Waals surface area contributed by atoms with Crippen molar-refractivity contribution in [3.05, 3.63) is 105 Å². The fraction of sp³-hybridized carbons (Fsp3) is 0.458. The number of carbonyl (C=O) groups excluding carboxylic acids is 2. The Labute approximate surface area is 367 Å². The number of para-hydroxylation sites is 2. The van der Waals surface area contributed by atoms with Gasteiger partial charge in [0.25, 0.3) is 0 Å². The fourth-order valence-electron chi connectivity index (χ4n) is 9.25. The molecule has 6 rings (SSSR count). The monoisotopic (exact) mass is 888 g/mol. The number of hydrogen-bond acceptors (Lipinski definition) is 10. The van der Waals surface area contributed by atoms with Crippen LogP contribution >= 0.6 is 0 Å². The first-order chi connectivity index (χ1) is 29.1. The molecule has 0 aliphatic carbocycles. The number of esters is 2. The largest absolute Gasteiger partial charge is 0.426 e. The number of sulfonamides is 2. The number of rotatable bonds is 13. The molecule has 6 atom stereocenters. The van der Waals surface area contributed by atoms with Crippen molar-refractivity contribution in [1.82, 2.24) is 8.61 Å². The van der Waals surface area contributed by atoms with Gasteiger partial charge in [-0.2, -0.15) is 8.61 Å². The number of benzene rings is 4. The highest BCUT2D eigenvalue weighted by Gasteiger charge is 2.50. The van der Waals surface area contributed by atoms with Gasteiger partial charge in [0, 0.05) is 36.1 Å². The molecular formula is C48H60N2O10S2. The predicted molar refractivity (Wildman–Crippen MR) is 238 cm³/mol. The van der Waals surface area contributed by atoms with E-state index in [4.69, 9.17) is 18.9 Å². The zero-order valence-electron chi connectivity index (χ0n) is 37.9. The highest BCUT2D eigenvalue weighted by Crippen LogP contribution is 2.50. The number of nitrogens with zero attached hydrogens (tertiary/aromatic N) is 2. The van der Waals surface area contributed by atoms with Crippen LogP contribution in [0.2, 0.25) is 0 Å². The molecule has 2 unspecified atom stereocenters. The zero-order chi connectivity index (χ0) is 45.6. The van der Waals surface area contributed by atoms with Gasteiger partial charge in [-0.1, -0.05) is 112 Å². The maximum Gasteiger partial charge on any atom is 0.308 e. The Morgan fingerprint density at radius 3 is 1.23 bits per heavy atom. The first-order valence-corrected chi connectivity index (χ1v) is 24.1. The lowest BCUT2D eigenvalue weighted by Crippen LogP contribution is -2.42. The van der Waals surface area contributed by atoms with Crippen LogP contribution in [-0.2, 0) is 39.1 Å². The molecule has 4 aromatic carbocycles. The molecule has 2 saturated heterocycles. The van der Waals surface area contributed by atoms with Gasteiger partial charge in [0.15, 0.2) is 12.5 Å². The summed E-state index contributed by atoms with van der Waals surface area (Å²) in [5.74, 6) is -1.58. The molecular weight excluding hydrogens is 829 g/mol. The van der Waals surface area contributed by atoms with Gasteiger partial charge in [-0.3, -0.25) is 9.59 Å². The van der Waals surface area contributed by atoms with Crippen LogP contribution in [0.15, 0.2) is 70.5 Å². The van der Waals surface area contributed by atoms with Crippen LogP contribution in [0, 0.1) is 53.4 Å². The molecule has 2 aliphatic heterocycles. The minimum atomic E-state index is -4.23. The van der Waals surface area contributed by atoms with Crippen LogP contribution in [-0.4, -0.2) is 62.7 Å². The molecule has 62 heavy (non-hydrogen) atoms. The molecule has 0 spiro atoms. The SMILES string of the molecule is CCC(C)[C@H]1CO[C@@H](c2cccc(-c3cccc([C@@H]4OC[C@H](C(C)CC)N4S(=O)(=O)c4c(C)cc(C)cc4C)c3OC(C)=O)c2OC(C)=O)N1S(=O)(=O)c1c(C)cc(C)cc1C. The van der Waals surface area contributed by atoms with Gasteiger partial charge >= 0.3 is 11.9 Å². The Balaban J connectivity index is 1.58. The van der Waals surface area contributed by atoms with Crippen molar-refractivity contribution in [2.24, 2.45) is 11.8 Å². The van der Waals surface area contributed by atoms with Crippen molar-refractivity contribution < 1.29 is 45.4 Å². The molecule has 2 aliphatic rings. The van der Waals surface area contributed by atoms with Crippen molar-refractivity contribution in [2.75, 3.05) is 13.2 Å². The summed E-state index contributed by atoms with van der Waals surface area (Å²) in [4.78, 5) is 26.5. The molecule has 0 amide bonds. The van der Waals surface area contributed by atoms with Gasteiger partial charge in [-0.15, -0.1) is 0 Å². The summed E-state index contributed by atoms with van der Waals surface area (Å²) in [6, 6.07) is 16.3. The summed E-state index contributed by atoms with van der Waals surface area (Å²) in [5, 5.41) is 0. The molecule has 0 saturated carbocycles. The minimum Gasteiger partial charge on any atom is -0.426 e. The zero-order valence-corrected chi connectivity index (χ0v) is 39.5. The van der Waals surface area contributed by atoms with Crippen LogP contribution in [0.1, 0.15) is 111 Å². The summed E-state index contributed by atoms with van der Waals surface area (Å²) in [5.41, 5.74) is 5.34. The van der Waals surface area contributed by atoms with Crippen molar-refractivity contribution in [1.29, 1.82) is 0 Å². The van der Waals surface area contributed by atoms with Crippen LogP contribution in [0.3, 0.4) is 0 Å². The first-order valence-electron chi connectivity index (χ1n) is 21.2. The molecule has 0 radical (unpaired) electrons. The Hall–Kier alpha value is -4.44. The third-order valence-electron chi connectivity index (χ3n) is 12.3. The number of ether oxygens (including phenoxy) is 4. The summed E-state index contributed by atoms with van der Waals surface area (Å²) in [7, 11) is -8.46. The summed E-state index contributed by atoms with van der Waals surface area (Å²) >= 11 is 0. The molecule has 0 bridgehead atoms. The maximum atomic E-state index is 15.0. The molecule has 0 aromatic heterocycles. The quantitative estimate of drug-likeness (QED) is 0.0941. The van der Waals surface area contributed by atoms with Crippen molar-refractivity contribution in [3.63, 3.8) is 0 Å². The minimum absolute atomic E-state index is 0.00175. The van der Waals surface area contributed by atoms with E-state index < -0.39 is 56.5 Å². The second-order valence-electron chi connectivity index (χ2n) is 17.0. The van der Waals surface area contributed by atoms with E-state index in [1.54, 1.807) is 64.1 Å². The summed E-state index contributed by atoms with van der Waals surface area (Å²) in [6.07, 6.45) is -1.09. The summed E-state index contributed by atoms with van der Waals surface area (Å²) < 4.78 is 87.9. The lowest BCUT2D eigenvalue weighted by Gasteiger charge is -2.33. The average molecular weight is 889 g/mol.